The lowest BCUT2D eigenvalue weighted by Gasteiger charge is -2.12. The minimum atomic E-state index is -0.154. The number of amides is 1. The standard InChI is InChI=1S/C14H17ClN4O/c1-9(2)14-17-5-6-19(14)8-13(20)18-12-4-3-10(15)7-11(12)16/h3-7,9H,8,16H2,1-2H3,(H,18,20). The Kier molecular flexibility index (Phi) is 4.29. The van der Waals surface area contributed by atoms with Crippen molar-refractivity contribution >= 4 is 28.9 Å². The highest BCUT2D eigenvalue weighted by atomic mass is 35.5. The molecule has 0 aliphatic heterocycles. The Morgan fingerprint density at radius 2 is 2.25 bits per heavy atom. The van der Waals surface area contributed by atoms with Crippen LogP contribution in [0.15, 0.2) is 30.6 Å². The average Bonchev–Trinajstić information content (AvgIpc) is 2.81. The second kappa shape index (κ2) is 5.96. The molecule has 0 unspecified atom stereocenters. The number of nitrogens with one attached hydrogen (secondary N) is 1. The Bertz CT molecular complexity index is 621. The first-order valence-electron chi connectivity index (χ1n) is 6.33. The average molecular weight is 293 g/mol. The Morgan fingerprint density at radius 3 is 2.90 bits per heavy atom. The van der Waals surface area contributed by atoms with E-state index in [9.17, 15) is 4.79 Å². The smallest absolute Gasteiger partial charge is 0.244 e. The van der Waals surface area contributed by atoms with Gasteiger partial charge in [0.1, 0.15) is 12.4 Å². The molecule has 20 heavy (non-hydrogen) atoms. The van der Waals surface area contributed by atoms with Crippen molar-refractivity contribution in [3.8, 4) is 0 Å². The van der Waals surface area contributed by atoms with E-state index in [1.807, 2.05) is 18.4 Å². The Labute approximate surface area is 122 Å². The van der Waals surface area contributed by atoms with Crippen molar-refractivity contribution in [3.63, 3.8) is 0 Å². The van der Waals surface area contributed by atoms with E-state index < -0.39 is 0 Å². The molecule has 0 atom stereocenters. The summed E-state index contributed by atoms with van der Waals surface area (Å²) in [5, 5.41) is 3.31. The number of halogens is 1. The molecule has 2 aromatic rings. The number of rotatable bonds is 4. The quantitative estimate of drug-likeness (QED) is 0.851. The van der Waals surface area contributed by atoms with Gasteiger partial charge in [-0.1, -0.05) is 25.4 Å². The summed E-state index contributed by atoms with van der Waals surface area (Å²) in [5.74, 6) is 0.988. The molecule has 6 heteroatoms. The van der Waals surface area contributed by atoms with E-state index in [-0.39, 0.29) is 18.4 Å². The van der Waals surface area contributed by atoms with E-state index in [4.69, 9.17) is 17.3 Å². The molecule has 0 bridgehead atoms. The molecule has 0 saturated carbocycles. The lowest BCUT2D eigenvalue weighted by Crippen LogP contribution is -2.20. The molecule has 0 aliphatic carbocycles. The van der Waals surface area contributed by atoms with Crippen molar-refractivity contribution in [2.45, 2.75) is 26.3 Å². The van der Waals surface area contributed by atoms with Gasteiger partial charge in [0, 0.05) is 23.3 Å². The van der Waals surface area contributed by atoms with Gasteiger partial charge in [0.25, 0.3) is 0 Å². The zero-order valence-corrected chi connectivity index (χ0v) is 12.2. The van der Waals surface area contributed by atoms with Crippen LogP contribution in [0.1, 0.15) is 25.6 Å². The van der Waals surface area contributed by atoms with Gasteiger partial charge in [-0.15, -0.1) is 0 Å². The topological polar surface area (TPSA) is 72.9 Å². The third-order valence-electron chi connectivity index (χ3n) is 2.87. The molecule has 106 valence electrons. The Hall–Kier alpha value is -2.01. The maximum Gasteiger partial charge on any atom is 0.244 e. The molecular weight excluding hydrogens is 276 g/mol. The summed E-state index contributed by atoms with van der Waals surface area (Å²) in [6, 6.07) is 4.98. The lowest BCUT2D eigenvalue weighted by molar-refractivity contribution is -0.116. The van der Waals surface area contributed by atoms with E-state index in [2.05, 4.69) is 10.3 Å². The van der Waals surface area contributed by atoms with Gasteiger partial charge >= 0.3 is 0 Å². The number of hydrogen-bond donors (Lipinski definition) is 2. The summed E-state index contributed by atoms with van der Waals surface area (Å²) in [6.45, 7) is 4.28. The van der Waals surface area contributed by atoms with Crippen LogP contribution in [0, 0.1) is 0 Å². The molecule has 1 heterocycles. The molecule has 0 saturated heterocycles. The highest BCUT2D eigenvalue weighted by molar-refractivity contribution is 6.31. The summed E-state index contributed by atoms with van der Waals surface area (Å²) >= 11 is 5.82. The first-order chi connectivity index (χ1) is 9.47. The van der Waals surface area contributed by atoms with E-state index in [0.717, 1.165) is 5.82 Å². The molecule has 1 amide bonds. The fourth-order valence-corrected chi connectivity index (χ4v) is 2.13. The van der Waals surface area contributed by atoms with Crippen LogP contribution in [0.3, 0.4) is 0 Å². The van der Waals surface area contributed by atoms with E-state index in [1.54, 1.807) is 30.6 Å². The number of aromatic nitrogens is 2. The van der Waals surface area contributed by atoms with Crippen LogP contribution in [0.25, 0.3) is 0 Å². The van der Waals surface area contributed by atoms with Gasteiger partial charge in [0.05, 0.1) is 11.4 Å². The fraction of sp³-hybridized carbons (Fsp3) is 0.286. The fourth-order valence-electron chi connectivity index (χ4n) is 1.95. The van der Waals surface area contributed by atoms with Gasteiger partial charge in [0.2, 0.25) is 5.91 Å². The van der Waals surface area contributed by atoms with Gasteiger partial charge in [-0.2, -0.15) is 0 Å². The van der Waals surface area contributed by atoms with Crippen molar-refractivity contribution in [1.82, 2.24) is 9.55 Å². The molecule has 0 spiro atoms. The van der Waals surface area contributed by atoms with Crippen LogP contribution in [0.2, 0.25) is 5.02 Å². The number of nitrogen functional groups attached to an aromatic ring is 1. The zero-order chi connectivity index (χ0) is 14.7. The maximum atomic E-state index is 12.0. The predicted octanol–water partition coefficient (Wildman–Crippen LogP) is 2.88. The summed E-state index contributed by atoms with van der Waals surface area (Å²) in [5.41, 5.74) is 6.81. The monoisotopic (exact) mass is 292 g/mol. The lowest BCUT2D eigenvalue weighted by atomic mass is 10.2. The number of nitrogens with two attached hydrogens (primary N) is 1. The number of anilines is 2. The van der Waals surface area contributed by atoms with Gasteiger partial charge in [-0.3, -0.25) is 4.79 Å². The van der Waals surface area contributed by atoms with Crippen LogP contribution in [-0.2, 0) is 11.3 Å². The zero-order valence-electron chi connectivity index (χ0n) is 11.4. The molecule has 0 radical (unpaired) electrons. The first kappa shape index (κ1) is 14.4. The number of carbonyl (C=O) groups is 1. The van der Waals surface area contributed by atoms with Gasteiger partial charge in [0.15, 0.2) is 0 Å². The highest BCUT2D eigenvalue weighted by Crippen LogP contribution is 2.22. The van der Waals surface area contributed by atoms with Crippen LogP contribution < -0.4 is 11.1 Å². The van der Waals surface area contributed by atoms with Crippen LogP contribution in [0.4, 0.5) is 11.4 Å². The molecule has 1 aromatic heterocycles. The summed E-state index contributed by atoms with van der Waals surface area (Å²) in [7, 11) is 0. The second-order valence-corrected chi connectivity index (χ2v) is 5.28. The minimum absolute atomic E-state index is 0.154. The van der Waals surface area contributed by atoms with Crippen molar-refractivity contribution in [2.24, 2.45) is 0 Å². The van der Waals surface area contributed by atoms with Crippen molar-refractivity contribution < 1.29 is 4.79 Å². The molecular formula is C14H17ClN4O. The Balaban J connectivity index is 2.07. The van der Waals surface area contributed by atoms with Crippen molar-refractivity contribution in [3.05, 3.63) is 41.4 Å². The Morgan fingerprint density at radius 1 is 1.50 bits per heavy atom. The third kappa shape index (κ3) is 3.30. The van der Waals surface area contributed by atoms with Gasteiger partial charge in [-0.25, -0.2) is 4.98 Å². The number of nitrogens with zero attached hydrogens (tertiary/aromatic N) is 2. The van der Waals surface area contributed by atoms with E-state index in [0.29, 0.717) is 16.4 Å². The SMILES string of the molecule is CC(C)c1nccn1CC(=O)Nc1ccc(Cl)cc1N. The summed E-state index contributed by atoms with van der Waals surface area (Å²) < 4.78 is 1.83. The molecule has 5 nitrogen and oxygen atoms in total. The second-order valence-electron chi connectivity index (χ2n) is 4.85. The minimum Gasteiger partial charge on any atom is -0.397 e. The maximum absolute atomic E-state index is 12.0. The van der Waals surface area contributed by atoms with E-state index >= 15 is 0 Å². The van der Waals surface area contributed by atoms with E-state index in [1.165, 1.54) is 0 Å². The van der Waals surface area contributed by atoms with Crippen molar-refractivity contribution in [1.29, 1.82) is 0 Å². The van der Waals surface area contributed by atoms with Crippen LogP contribution in [0.5, 0.6) is 0 Å². The van der Waals surface area contributed by atoms with Crippen LogP contribution >= 0.6 is 11.6 Å². The van der Waals surface area contributed by atoms with Gasteiger partial charge in [-0.05, 0) is 18.2 Å². The molecule has 3 N–H and O–H groups in total. The summed E-state index contributed by atoms with van der Waals surface area (Å²) in [4.78, 5) is 16.3. The largest absolute Gasteiger partial charge is 0.397 e. The number of benzene rings is 1. The predicted molar refractivity (Wildman–Crippen MR) is 80.8 cm³/mol. The van der Waals surface area contributed by atoms with Crippen LogP contribution in [-0.4, -0.2) is 15.5 Å². The number of hydrogen-bond acceptors (Lipinski definition) is 3. The molecule has 2 rings (SSSR count). The normalized spacial score (nSPS) is 10.8. The van der Waals surface area contributed by atoms with Gasteiger partial charge < -0.3 is 15.6 Å². The molecule has 0 fully saturated rings. The highest BCUT2D eigenvalue weighted by Gasteiger charge is 2.11. The molecule has 0 aliphatic rings. The third-order valence-corrected chi connectivity index (χ3v) is 3.10. The number of imidazole rings is 1. The molecule has 1 aromatic carbocycles. The summed E-state index contributed by atoms with van der Waals surface area (Å²) in [6.07, 6.45) is 3.49. The number of carbonyl (C=O) groups excluding carboxylic acids is 1. The van der Waals surface area contributed by atoms with Crippen molar-refractivity contribution in [2.75, 3.05) is 11.1 Å². The first-order valence-corrected chi connectivity index (χ1v) is 6.71.